The molecule has 0 saturated heterocycles. The molecule has 6 nitrogen and oxygen atoms in total. The van der Waals surface area contributed by atoms with Gasteiger partial charge in [0.15, 0.2) is 0 Å². The van der Waals surface area contributed by atoms with Gasteiger partial charge in [-0.3, -0.25) is 4.79 Å². The van der Waals surface area contributed by atoms with Crippen LogP contribution in [-0.2, 0) is 22.1 Å². The van der Waals surface area contributed by atoms with Gasteiger partial charge in [-0.15, -0.1) is 0 Å². The van der Waals surface area contributed by atoms with Gasteiger partial charge < -0.3 is 19.5 Å². The first kappa shape index (κ1) is 27.3. The van der Waals surface area contributed by atoms with E-state index in [4.69, 9.17) is 14.2 Å². The fourth-order valence-corrected chi connectivity index (χ4v) is 4.64. The van der Waals surface area contributed by atoms with Crippen LogP contribution in [-0.4, -0.2) is 37.8 Å². The number of nitrogens with zero attached hydrogens (tertiary/aromatic N) is 1. The number of alkyl halides is 3. The molecule has 1 aliphatic carbocycles. The largest absolute Gasteiger partial charge is 0.497 e. The van der Waals surface area contributed by atoms with Crippen molar-refractivity contribution in [2.75, 3.05) is 32.2 Å². The quantitative estimate of drug-likeness (QED) is 0.222. The third-order valence-corrected chi connectivity index (χ3v) is 6.49. The second kappa shape index (κ2) is 12.2. The number of rotatable bonds is 11. The van der Waals surface area contributed by atoms with Crippen LogP contribution in [0.2, 0.25) is 0 Å². The Bertz CT molecular complexity index is 1250. The predicted octanol–water partition coefficient (Wildman–Crippen LogP) is 6.64. The van der Waals surface area contributed by atoms with Crippen molar-refractivity contribution in [1.29, 1.82) is 0 Å². The van der Waals surface area contributed by atoms with Crippen molar-refractivity contribution in [2.45, 2.75) is 44.7 Å². The van der Waals surface area contributed by atoms with Crippen LogP contribution in [0.25, 0.3) is 11.3 Å². The maximum absolute atomic E-state index is 13.6. The average Bonchev–Trinajstić information content (AvgIpc) is 3.29. The van der Waals surface area contributed by atoms with Crippen molar-refractivity contribution in [1.82, 2.24) is 4.98 Å². The van der Waals surface area contributed by atoms with Gasteiger partial charge in [0.2, 0.25) is 0 Å². The van der Waals surface area contributed by atoms with Crippen molar-refractivity contribution in [2.24, 2.45) is 0 Å². The van der Waals surface area contributed by atoms with Crippen LogP contribution in [0, 0.1) is 0 Å². The maximum Gasteiger partial charge on any atom is 0.418 e. The lowest BCUT2D eigenvalue weighted by Crippen LogP contribution is -2.12. The summed E-state index contributed by atoms with van der Waals surface area (Å²) in [6.07, 6.45) is -1.69. The molecule has 0 bridgehead atoms. The Morgan fingerprint density at radius 1 is 1.08 bits per heavy atom. The van der Waals surface area contributed by atoms with E-state index in [0.717, 1.165) is 24.7 Å². The summed E-state index contributed by atoms with van der Waals surface area (Å²) in [5.41, 5.74) is 1.78. The number of aromatic nitrogens is 1. The molecule has 202 valence electrons. The fraction of sp³-hybridized carbons (Fsp3) is 0.379. The molecule has 0 amide bonds. The highest BCUT2D eigenvalue weighted by molar-refractivity contribution is 5.71. The Labute approximate surface area is 220 Å². The molecule has 1 atom stereocenters. The Kier molecular flexibility index (Phi) is 8.76. The molecule has 0 saturated carbocycles. The predicted molar refractivity (Wildman–Crippen MR) is 139 cm³/mol. The molecule has 0 aliphatic heterocycles. The summed E-state index contributed by atoms with van der Waals surface area (Å²) in [6, 6.07) is 14.7. The van der Waals surface area contributed by atoms with Gasteiger partial charge in [-0.2, -0.15) is 13.2 Å². The van der Waals surface area contributed by atoms with E-state index in [0.29, 0.717) is 49.7 Å². The third kappa shape index (κ3) is 6.76. The number of nitrogens with one attached hydrogen (secondary N) is 1. The molecule has 3 aromatic rings. The summed E-state index contributed by atoms with van der Waals surface area (Å²) in [4.78, 5) is 16.1. The first-order valence-corrected chi connectivity index (χ1v) is 12.7. The Morgan fingerprint density at radius 2 is 1.84 bits per heavy atom. The third-order valence-electron chi connectivity index (χ3n) is 6.49. The van der Waals surface area contributed by atoms with Gasteiger partial charge in [0.1, 0.15) is 17.3 Å². The molecule has 9 heteroatoms. The second-order valence-corrected chi connectivity index (χ2v) is 9.05. The van der Waals surface area contributed by atoms with Gasteiger partial charge in [0, 0.05) is 12.1 Å². The lowest BCUT2D eigenvalue weighted by atomic mass is 9.98. The van der Waals surface area contributed by atoms with Crippen molar-refractivity contribution >= 4 is 11.8 Å². The smallest absolute Gasteiger partial charge is 0.418 e. The highest BCUT2D eigenvalue weighted by atomic mass is 19.4. The zero-order valence-electron chi connectivity index (χ0n) is 21.4. The monoisotopic (exact) mass is 528 g/mol. The standard InChI is InChI=1S/C29H31F3N2O4/c1-3-37-27(35)18-21-6-5-20-17-23(11-12-24(20)21)38-16-4-15-33-26-14-13-25(29(30,31)32)28(34-26)19-7-9-22(36-2)10-8-19/h7-14,17,21H,3-6,15-16,18H2,1-2H3,(H,33,34)/t21-/m0/s1. The number of ether oxygens (including phenoxy) is 3. The number of hydrogen-bond donors (Lipinski definition) is 1. The van der Waals surface area contributed by atoms with Gasteiger partial charge in [0.05, 0.1) is 38.0 Å². The van der Waals surface area contributed by atoms with Crippen LogP contribution < -0.4 is 14.8 Å². The first-order chi connectivity index (χ1) is 18.3. The topological polar surface area (TPSA) is 69.7 Å². The van der Waals surface area contributed by atoms with E-state index in [-0.39, 0.29) is 17.6 Å². The number of anilines is 1. The molecular formula is C29H31F3N2O4. The number of aryl methyl sites for hydroxylation is 1. The summed E-state index contributed by atoms with van der Waals surface area (Å²) >= 11 is 0. The molecule has 2 aromatic carbocycles. The van der Waals surface area contributed by atoms with Crippen LogP contribution in [0.5, 0.6) is 11.5 Å². The van der Waals surface area contributed by atoms with E-state index >= 15 is 0 Å². The number of halogens is 3. The molecular weight excluding hydrogens is 497 g/mol. The van der Waals surface area contributed by atoms with Gasteiger partial charge in [-0.05, 0) is 91.8 Å². The number of benzene rings is 2. The summed E-state index contributed by atoms with van der Waals surface area (Å²) < 4.78 is 56.9. The molecule has 0 radical (unpaired) electrons. The number of methoxy groups -OCH3 is 1. The number of carbonyl (C=O) groups is 1. The van der Waals surface area contributed by atoms with Gasteiger partial charge in [-0.25, -0.2) is 4.98 Å². The lowest BCUT2D eigenvalue weighted by Gasteiger charge is -2.15. The van der Waals surface area contributed by atoms with Crippen LogP contribution in [0.4, 0.5) is 19.0 Å². The zero-order chi connectivity index (χ0) is 27.1. The van der Waals surface area contributed by atoms with Crippen LogP contribution >= 0.6 is 0 Å². The normalized spacial score (nSPS) is 14.6. The van der Waals surface area contributed by atoms with E-state index in [1.54, 1.807) is 31.2 Å². The van der Waals surface area contributed by atoms with Crippen LogP contribution in [0.1, 0.15) is 48.8 Å². The number of pyridine rings is 1. The molecule has 38 heavy (non-hydrogen) atoms. The van der Waals surface area contributed by atoms with Crippen molar-refractivity contribution in [3.8, 4) is 22.8 Å². The average molecular weight is 529 g/mol. The SMILES string of the molecule is CCOC(=O)C[C@@H]1CCc2cc(OCCCNc3ccc(C(F)(F)F)c(-c4ccc(OC)cc4)n3)ccc21. The Morgan fingerprint density at radius 3 is 2.55 bits per heavy atom. The number of esters is 1. The van der Waals surface area contributed by atoms with Gasteiger partial charge in [-0.1, -0.05) is 6.07 Å². The highest BCUT2D eigenvalue weighted by Crippen LogP contribution is 2.38. The highest BCUT2D eigenvalue weighted by Gasteiger charge is 2.34. The van der Waals surface area contributed by atoms with Gasteiger partial charge >= 0.3 is 12.1 Å². The molecule has 0 fully saturated rings. The molecule has 1 aromatic heterocycles. The minimum absolute atomic E-state index is 0.138. The molecule has 1 heterocycles. The summed E-state index contributed by atoms with van der Waals surface area (Å²) in [5.74, 6) is 1.68. The number of carbonyl (C=O) groups excluding carboxylic acids is 1. The number of fused-ring (bicyclic) bond motifs is 1. The van der Waals surface area contributed by atoms with Crippen molar-refractivity contribution in [3.05, 3.63) is 71.3 Å². The van der Waals surface area contributed by atoms with E-state index in [1.165, 1.54) is 24.3 Å². The molecule has 0 unspecified atom stereocenters. The minimum atomic E-state index is -4.52. The molecule has 1 N–H and O–H groups in total. The van der Waals surface area contributed by atoms with E-state index in [2.05, 4.69) is 10.3 Å². The summed E-state index contributed by atoms with van der Waals surface area (Å²) in [5, 5.41) is 3.09. The Balaban J connectivity index is 1.31. The van der Waals surface area contributed by atoms with E-state index in [1.807, 2.05) is 18.2 Å². The molecule has 4 rings (SSSR count). The molecule has 0 spiro atoms. The summed E-state index contributed by atoms with van der Waals surface area (Å²) in [7, 11) is 1.50. The van der Waals surface area contributed by atoms with Crippen LogP contribution in [0.3, 0.4) is 0 Å². The van der Waals surface area contributed by atoms with E-state index < -0.39 is 11.7 Å². The van der Waals surface area contributed by atoms with E-state index in [9.17, 15) is 18.0 Å². The molecule has 1 aliphatic rings. The second-order valence-electron chi connectivity index (χ2n) is 9.05. The zero-order valence-corrected chi connectivity index (χ0v) is 21.4. The van der Waals surface area contributed by atoms with Crippen molar-refractivity contribution < 1.29 is 32.2 Å². The lowest BCUT2D eigenvalue weighted by molar-refractivity contribution is -0.143. The first-order valence-electron chi connectivity index (χ1n) is 12.7. The number of hydrogen-bond acceptors (Lipinski definition) is 6. The summed E-state index contributed by atoms with van der Waals surface area (Å²) in [6.45, 7) is 3.11. The van der Waals surface area contributed by atoms with Gasteiger partial charge in [0.25, 0.3) is 0 Å². The fourth-order valence-electron chi connectivity index (χ4n) is 4.64. The minimum Gasteiger partial charge on any atom is -0.497 e. The van der Waals surface area contributed by atoms with Crippen LogP contribution in [0.15, 0.2) is 54.6 Å². The Hall–Kier alpha value is -3.75. The maximum atomic E-state index is 13.6. The van der Waals surface area contributed by atoms with Crippen molar-refractivity contribution in [3.63, 3.8) is 0 Å².